The van der Waals surface area contributed by atoms with Crippen LogP contribution in [0.2, 0.25) is 0 Å². The molecule has 1 amide bonds. The number of nitrogens with one attached hydrogen (secondary N) is 1. The second-order valence-electron chi connectivity index (χ2n) is 7.84. The smallest absolute Gasteiger partial charge is 0.380 e. The first kappa shape index (κ1) is 24.8. The van der Waals surface area contributed by atoms with E-state index in [2.05, 4.69) is 14.5 Å². The van der Waals surface area contributed by atoms with Crippen molar-refractivity contribution in [2.75, 3.05) is 0 Å². The van der Waals surface area contributed by atoms with Crippen LogP contribution >= 0.6 is 11.3 Å². The van der Waals surface area contributed by atoms with E-state index in [0.717, 1.165) is 17.7 Å². The Labute approximate surface area is 186 Å². The van der Waals surface area contributed by atoms with Gasteiger partial charge in [0.25, 0.3) is 0 Å². The zero-order chi connectivity index (χ0) is 23.2. The van der Waals surface area contributed by atoms with Crippen molar-refractivity contribution in [1.29, 1.82) is 0 Å². The molecule has 170 valence electrons. The van der Waals surface area contributed by atoms with Gasteiger partial charge in [0.2, 0.25) is 5.91 Å². The average molecular weight is 470 g/mol. The molecule has 0 aliphatic carbocycles. The maximum atomic E-state index is 12.5. The highest BCUT2D eigenvalue weighted by Crippen LogP contribution is 2.24. The second kappa shape index (κ2) is 10.2. The molecule has 0 aliphatic rings. The van der Waals surface area contributed by atoms with E-state index in [9.17, 15) is 18.0 Å². The second-order valence-corrected chi connectivity index (χ2v) is 9.88. The van der Waals surface area contributed by atoms with Crippen LogP contribution in [0, 0.1) is 0 Å². The largest absolute Gasteiger partial charge is 0.460 e. The quantitative estimate of drug-likeness (QED) is 0.425. The molecule has 2 aromatic rings. The van der Waals surface area contributed by atoms with E-state index >= 15 is 0 Å². The van der Waals surface area contributed by atoms with Gasteiger partial charge in [0.05, 0.1) is 11.7 Å². The van der Waals surface area contributed by atoms with Gasteiger partial charge in [0.15, 0.2) is 0 Å². The molecule has 0 fully saturated rings. The van der Waals surface area contributed by atoms with Crippen molar-refractivity contribution in [3.8, 4) is 5.75 Å². The Morgan fingerprint density at radius 3 is 2.39 bits per heavy atom. The Balaban J connectivity index is 2.14. The van der Waals surface area contributed by atoms with Crippen molar-refractivity contribution in [2.45, 2.75) is 58.6 Å². The molecule has 1 heterocycles. The number of benzene rings is 1. The number of thiazole rings is 1. The van der Waals surface area contributed by atoms with Crippen LogP contribution in [-0.2, 0) is 37.5 Å². The number of carbonyl (C=O) groups excluding carboxylic acids is 2. The summed E-state index contributed by atoms with van der Waals surface area (Å²) in [5, 5.41) is 10.3. The van der Waals surface area contributed by atoms with Gasteiger partial charge in [-0.3, -0.25) is 9.59 Å². The Morgan fingerprint density at radius 2 is 1.87 bits per heavy atom. The topological polar surface area (TPSA) is 138 Å². The van der Waals surface area contributed by atoms with Gasteiger partial charge in [0, 0.05) is 5.38 Å². The molecule has 9 nitrogen and oxygen atoms in total. The molecule has 0 aliphatic heterocycles. The molecule has 0 spiro atoms. The van der Waals surface area contributed by atoms with Crippen LogP contribution in [-0.4, -0.2) is 30.9 Å². The fourth-order valence-corrected chi connectivity index (χ4v) is 3.98. The van der Waals surface area contributed by atoms with E-state index in [0.29, 0.717) is 11.4 Å². The average Bonchev–Trinajstić information content (AvgIpc) is 3.09. The number of ether oxygens (including phenoxy) is 1. The highest BCUT2D eigenvalue weighted by Gasteiger charge is 2.23. The normalized spacial score (nSPS) is 12.8. The Hall–Kier alpha value is -2.50. The number of hydrogen-bond donors (Lipinski definition) is 2. The number of nitrogens with two attached hydrogens (primary N) is 1. The molecule has 1 aromatic carbocycles. The van der Waals surface area contributed by atoms with E-state index in [1.54, 1.807) is 32.9 Å². The minimum Gasteiger partial charge on any atom is -0.460 e. The fourth-order valence-electron chi connectivity index (χ4n) is 2.65. The summed E-state index contributed by atoms with van der Waals surface area (Å²) in [6.45, 7) is 7.18. The predicted octanol–water partition coefficient (Wildman–Crippen LogP) is 2.42. The molecular weight excluding hydrogens is 442 g/mol. The third kappa shape index (κ3) is 9.03. The lowest BCUT2D eigenvalue weighted by molar-refractivity contribution is -0.156. The van der Waals surface area contributed by atoms with Gasteiger partial charge in [0.1, 0.15) is 22.8 Å². The monoisotopic (exact) mass is 469 g/mol. The number of amides is 1. The first-order chi connectivity index (χ1) is 14.3. The summed E-state index contributed by atoms with van der Waals surface area (Å²) >= 11 is 1.42. The lowest BCUT2D eigenvalue weighted by atomic mass is 10.1. The van der Waals surface area contributed by atoms with Crippen LogP contribution < -0.4 is 14.6 Å². The number of esters is 1. The molecule has 11 heteroatoms. The van der Waals surface area contributed by atoms with Gasteiger partial charge in [-0.15, -0.1) is 11.3 Å². The molecular formula is C20H27N3O6S2. The lowest BCUT2D eigenvalue weighted by Crippen LogP contribution is -2.33. The van der Waals surface area contributed by atoms with Crippen LogP contribution in [0.1, 0.15) is 56.4 Å². The van der Waals surface area contributed by atoms with Gasteiger partial charge in [-0.05, 0) is 51.3 Å². The number of carbonyl (C=O) groups is 2. The first-order valence-electron chi connectivity index (χ1n) is 9.61. The van der Waals surface area contributed by atoms with E-state index in [4.69, 9.17) is 9.88 Å². The van der Waals surface area contributed by atoms with Crippen molar-refractivity contribution in [3.63, 3.8) is 0 Å². The van der Waals surface area contributed by atoms with Crippen LogP contribution in [0.15, 0.2) is 29.6 Å². The maximum absolute atomic E-state index is 12.5. The van der Waals surface area contributed by atoms with Crippen molar-refractivity contribution in [3.05, 3.63) is 45.9 Å². The molecule has 0 saturated carbocycles. The van der Waals surface area contributed by atoms with E-state index in [-0.39, 0.29) is 5.75 Å². The van der Waals surface area contributed by atoms with Crippen molar-refractivity contribution in [1.82, 2.24) is 10.3 Å². The molecule has 0 bridgehead atoms. The summed E-state index contributed by atoms with van der Waals surface area (Å²) in [6.07, 6.45) is 0.738. The maximum Gasteiger partial charge on any atom is 0.380 e. The number of hydrogen-bond acceptors (Lipinski definition) is 8. The van der Waals surface area contributed by atoms with Crippen LogP contribution in [0.25, 0.3) is 0 Å². The van der Waals surface area contributed by atoms with Gasteiger partial charge < -0.3 is 14.2 Å². The predicted molar refractivity (Wildman–Crippen MR) is 117 cm³/mol. The molecule has 1 unspecified atom stereocenters. The first-order valence-corrected chi connectivity index (χ1v) is 12.0. The highest BCUT2D eigenvalue weighted by atomic mass is 32.2. The molecule has 1 atom stereocenters. The molecule has 31 heavy (non-hydrogen) atoms. The summed E-state index contributed by atoms with van der Waals surface area (Å²) in [6, 6.07) is 5.81. The van der Waals surface area contributed by atoms with Gasteiger partial charge >= 0.3 is 16.3 Å². The zero-order valence-electron chi connectivity index (χ0n) is 17.9. The highest BCUT2D eigenvalue weighted by molar-refractivity contribution is 7.84. The third-order valence-electron chi connectivity index (χ3n) is 3.87. The number of aryl methyl sites for hydroxylation is 1. The summed E-state index contributed by atoms with van der Waals surface area (Å²) in [5.74, 6) is -0.998. The van der Waals surface area contributed by atoms with Gasteiger partial charge in [-0.2, -0.15) is 13.6 Å². The van der Waals surface area contributed by atoms with Crippen LogP contribution in [0.3, 0.4) is 0 Å². The van der Waals surface area contributed by atoms with E-state index < -0.39 is 40.2 Å². The molecule has 0 radical (unpaired) electrons. The Kier molecular flexibility index (Phi) is 8.15. The van der Waals surface area contributed by atoms with E-state index in [1.165, 1.54) is 23.5 Å². The lowest BCUT2D eigenvalue weighted by Gasteiger charge is -2.20. The Morgan fingerprint density at radius 1 is 1.23 bits per heavy atom. The zero-order valence-corrected chi connectivity index (χ0v) is 19.5. The molecule has 0 saturated heterocycles. The van der Waals surface area contributed by atoms with Crippen molar-refractivity contribution < 1.29 is 26.9 Å². The standard InChI is InChI=1S/C20H27N3O6S2/c1-5-14-12-30-19(22-14)16(23-17(24)11-18(25)28-20(2,3)4)10-13-6-8-15(9-7-13)29-31(21,26)27/h6-9,12,16H,5,10-11H2,1-4H3,(H,23,24)(H2,21,26,27). The summed E-state index contributed by atoms with van der Waals surface area (Å²) < 4.78 is 31.9. The minimum atomic E-state index is -4.11. The molecule has 3 N–H and O–H groups in total. The van der Waals surface area contributed by atoms with Crippen molar-refractivity contribution in [2.24, 2.45) is 5.14 Å². The van der Waals surface area contributed by atoms with Crippen LogP contribution in [0.4, 0.5) is 0 Å². The number of nitrogens with zero attached hydrogens (tertiary/aromatic N) is 1. The summed E-state index contributed by atoms with van der Waals surface area (Å²) in [4.78, 5) is 29.0. The third-order valence-corrected chi connectivity index (χ3v) is 5.30. The van der Waals surface area contributed by atoms with Gasteiger partial charge in [-0.25, -0.2) is 4.98 Å². The Bertz CT molecular complexity index is 1010. The number of rotatable bonds is 9. The fraction of sp³-hybridized carbons (Fsp3) is 0.450. The minimum absolute atomic E-state index is 0.0827. The molecule has 1 aromatic heterocycles. The number of aromatic nitrogens is 1. The van der Waals surface area contributed by atoms with Crippen LogP contribution in [0.5, 0.6) is 5.75 Å². The van der Waals surface area contributed by atoms with Crippen molar-refractivity contribution >= 4 is 33.5 Å². The SMILES string of the molecule is CCc1csc(C(Cc2ccc(OS(N)(=O)=O)cc2)NC(=O)CC(=O)OC(C)(C)C)n1. The van der Waals surface area contributed by atoms with Gasteiger partial charge in [-0.1, -0.05) is 19.1 Å². The summed E-state index contributed by atoms with van der Waals surface area (Å²) in [5.41, 5.74) is 1.03. The van der Waals surface area contributed by atoms with E-state index in [1.807, 2.05) is 12.3 Å². The summed E-state index contributed by atoms with van der Waals surface area (Å²) in [7, 11) is -4.11. The molecule has 2 rings (SSSR count).